The summed E-state index contributed by atoms with van der Waals surface area (Å²) in [4.78, 5) is 36.8. The molecule has 0 bridgehead atoms. The Bertz CT molecular complexity index is 1160. The van der Waals surface area contributed by atoms with E-state index in [2.05, 4.69) is 25.7 Å². The van der Waals surface area contributed by atoms with E-state index in [-0.39, 0.29) is 23.4 Å². The zero-order valence-electron chi connectivity index (χ0n) is 21.9. The van der Waals surface area contributed by atoms with Gasteiger partial charge in [-0.05, 0) is 57.6 Å². The summed E-state index contributed by atoms with van der Waals surface area (Å²) < 4.78 is 1.71. The molecule has 0 aliphatic rings. The van der Waals surface area contributed by atoms with Crippen LogP contribution in [0.2, 0.25) is 0 Å². The molecule has 0 saturated carbocycles. The van der Waals surface area contributed by atoms with E-state index in [1.165, 1.54) is 0 Å². The zero-order chi connectivity index (χ0) is 25.4. The zero-order valence-corrected chi connectivity index (χ0v) is 21.9. The van der Waals surface area contributed by atoms with Gasteiger partial charge in [0.1, 0.15) is 5.82 Å². The Balaban J connectivity index is 2.20. The minimum atomic E-state index is -0.310. The number of carbonyl (C=O) groups excluding carboxylic acids is 1. The molecule has 3 aromatic rings. The topological polar surface area (TPSA) is 58.4 Å². The molecule has 0 spiro atoms. The number of likely N-dealkylation sites (N-methyl/N-ethyl adjacent to an activating group) is 1. The average Bonchev–Trinajstić information content (AvgIpc) is 2.87. The molecule has 0 aliphatic carbocycles. The molecule has 35 heavy (non-hydrogen) atoms. The fraction of sp³-hybridized carbons (Fsp3) is 0.483. The van der Waals surface area contributed by atoms with Crippen LogP contribution in [0.5, 0.6) is 0 Å². The van der Waals surface area contributed by atoms with Crippen LogP contribution in [-0.4, -0.2) is 52.4 Å². The van der Waals surface area contributed by atoms with Crippen molar-refractivity contribution in [3.63, 3.8) is 0 Å². The Morgan fingerprint density at radius 2 is 1.63 bits per heavy atom. The van der Waals surface area contributed by atoms with Crippen LogP contribution < -0.4 is 5.56 Å². The Kier molecular flexibility index (Phi) is 9.61. The van der Waals surface area contributed by atoms with Gasteiger partial charge in [-0.15, -0.1) is 0 Å². The molecule has 2 unspecified atom stereocenters. The van der Waals surface area contributed by atoms with Crippen LogP contribution in [0, 0.1) is 5.92 Å². The maximum Gasteiger partial charge on any atom is 0.266 e. The van der Waals surface area contributed by atoms with Gasteiger partial charge < -0.3 is 9.80 Å². The molecule has 3 rings (SSSR count). The number of carbonyl (C=O) groups is 1. The van der Waals surface area contributed by atoms with Crippen molar-refractivity contribution in [2.24, 2.45) is 5.92 Å². The summed E-state index contributed by atoms with van der Waals surface area (Å²) >= 11 is 0. The van der Waals surface area contributed by atoms with Crippen molar-refractivity contribution >= 4 is 16.8 Å². The lowest BCUT2D eigenvalue weighted by molar-refractivity contribution is -0.139. The van der Waals surface area contributed by atoms with Gasteiger partial charge in [0.15, 0.2) is 0 Å². The molecule has 0 aliphatic heterocycles. The summed E-state index contributed by atoms with van der Waals surface area (Å²) in [7, 11) is 4.04. The number of hydrogen-bond donors (Lipinski definition) is 0. The molecule has 1 heterocycles. The van der Waals surface area contributed by atoms with Gasteiger partial charge in [0.2, 0.25) is 5.91 Å². The Hall–Kier alpha value is -2.99. The predicted octanol–water partition coefficient (Wildman–Crippen LogP) is 5.44. The molecule has 2 aromatic carbocycles. The predicted molar refractivity (Wildman–Crippen MR) is 144 cm³/mol. The number of rotatable bonds is 12. The number of hydrogen-bond acceptors (Lipinski definition) is 4. The van der Waals surface area contributed by atoms with Gasteiger partial charge in [-0.3, -0.25) is 14.2 Å². The molecule has 0 N–H and O–H groups in total. The summed E-state index contributed by atoms with van der Waals surface area (Å²) in [6.07, 6.45) is 4.46. The van der Waals surface area contributed by atoms with E-state index in [9.17, 15) is 9.59 Å². The van der Waals surface area contributed by atoms with Crippen LogP contribution in [0.4, 0.5) is 0 Å². The highest BCUT2D eigenvalue weighted by atomic mass is 16.2. The van der Waals surface area contributed by atoms with E-state index in [0.29, 0.717) is 29.7 Å². The number of para-hydroxylation sites is 2. The molecule has 1 amide bonds. The molecular weight excluding hydrogens is 436 g/mol. The van der Waals surface area contributed by atoms with Crippen molar-refractivity contribution < 1.29 is 4.79 Å². The van der Waals surface area contributed by atoms with E-state index in [1.54, 1.807) is 4.57 Å². The maximum absolute atomic E-state index is 14.0. The second-order valence-corrected chi connectivity index (χ2v) is 9.47. The third kappa shape index (κ3) is 6.17. The average molecular weight is 477 g/mol. The van der Waals surface area contributed by atoms with Crippen molar-refractivity contribution in [2.75, 3.05) is 27.2 Å². The second kappa shape index (κ2) is 12.6. The number of fused-ring (bicyclic) bond motifs is 1. The lowest BCUT2D eigenvalue weighted by Crippen LogP contribution is -2.44. The molecule has 0 radical (unpaired) electrons. The number of nitrogens with zero attached hydrogens (tertiary/aromatic N) is 4. The first kappa shape index (κ1) is 26.6. The van der Waals surface area contributed by atoms with Crippen LogP contribution >= 0.6 is 0 Å². The van der Waals surface area contributed by atoms with Crippen molar-refractivity contribution in [1.29, 1.82) is 0 Å². The highest BCUT2D eigenvalue weighted by Crippen LogP contribution is 2.29. The molecule has 6 nitrogen and oxygen atoms in total. The Morgan fingerprint density at radius 1 is 0.943 bits per heavy atom. The van der Waals surface area contributed by atoms with Gasteiger partial charge in [0, 0.05) is 19.0 Å². The van der Waals surface area contributed by atoms with Crippen LogP contribution in [0.15, 0.2) is 59.4 Å². The number of amides is 1. The molecule has 0 saturated heterocycles. The number of aromatic nitrogens is 2. The van der Waals surface area contributed by atoms with Crippen molar-refractivity contribution in [1.82, 2.24) is 19.4 Å². The highest BCUT2D eigenvalue weighted by Gasteiger charge is 2.32. The van der Waals surface area contributed by atoms with E-state index in [0.717, 1.165) is 37.9 Å². The van der Waals surface area contributed by atoms with E-state index >= 15 is 0 Å². The normalized spacial score (nSPS) is 13.2. The monoisotopic (exact) mass is 476 g/mol. The van der Waals surface area contributed by atoms with Crippen molar-refractivity contribution in [2.45, 2.75) is 58.9 Å². The quantitative estimate of drug-likeness (QED) is 0.349. The first-order valence-corrected chi connectivity index (χ1v) is 12.9. The summed E-state index contributed by atoms with van der Waals surface area (Å²) in [5.74, 6) is 0.764. The SMILES string of the molecule is CCCCC(CC)C(=O)N(CCN(C)C)C(CC)c1nc2ccccc2c(=O)n1-c1ccccc1. The van der Waals surface area contributed by atoms with Gasteiger partial charge in [-0.25, -0.2) is 4.98 Å². The largest absolute Gasteiger partial charge is 0.331 e. The summed E-state index contributed by atoms with van der Waals surface area (Å²) in [6, 6.07) is 16.8. The fourth-order valence-corrected chi connectivity index (χ4v) is 4.66. The van der Waals surface area contributed by atoms with E-state index in [1.807, 2.05) is 73.6 Å². The van der Waals surface area contributed by atoms with Crippen molar-refractivity contribution in [3.8, 4) is 5.69 Å². The van der Waals surface area contributed by atoms with E-state index < -0.39 is 0 Å². The number of unbranched alkanes of at least 4 members (excludes halogenated alkanes) is 1. The van der Waals surface area contributed by atoms with Crippen LogP contribution in [0.1, 0.15) is 64.7 Å². The third-order valence-corrected chi connectivity index (χ3v) is 6.70. The summed E-state index contributed by atoms with van der Waals surface area (Å²) in [5, 5.41) is 0.579. The molecular formula is C29H40N4O2. The molecule has 188 valence electrons. The van der Waals surface area contributed by atoms with E-state index in [4.69, 9.17) is 4.98 Å². The van der Waals surface area contributed by atoms with Gasteiger partial charge >= 0.3 is 0 Å². The number of benzene rings is 2. The van der Waals surface area contributed by atoms with Crippen molar-refractivity contribution in [3.05, 3.63) is 70.8 Å². The lowest BCUT2D eigenvalue weighted by Gasteiger charge is -2.35. The first-order chi connectivity index (χ1) is 16.9. The van der Waals surface area contributed by atoms with Gasteiger partial charge in [0.25, 0.3) is 5.56 Å². The fourth-order valence-electron chi connectivity index (χ4n) is 4.66. The standard InChI is InChI=1S/C29H40N4O2/c1-6-9-15-22(7-2)28(34)32(21-20-31(4)5)26(8-3)27-30-25-19-14-13-18-24(25)29(35)33(27)23-16-11-10-12-17-23/h10-14,16-19,22,26H,6-9,15,20-21H2,1-5H3. The highest BCUT2D eigenvalue weighted by molar-refractivity contribution is 5.80. The van der Waals surface area contributed by atoms with Gasteiger partial charge in [-0.2, -0.15) is 0 Å². The van der Waals surface area contributed by atoms with Gasteiger partial charge in [-0.1, -0.05) is 63.9 Å². The third-order valence-electron chi connectivity index (χ3n) is 6.70. The Morgan fingerprint density at radius 3 is 2.26 bits per heavy atom. The smallest absolute Gasteiger partial charge is 0.266 e. The molecule has 2 atom stereocenters. The second-order valence-electron chi connectivity index (χ2n) is 9.47. The first-order valence-electron chi connectivity index (χ1n) is 12.9. The molecule has 1 aromatic heterocycles. The lowest BCUT2D eigenvalue weighted by atomic mass is 9.96. The summed E-state index contributed by atoms with van der Waals surface area (Å²) in [5.41, 5.74) is 1.33. The van der Waals surface area contributed by atoms with Gasteiger partial charge in [0.05, 0.1) is 22.6 Å². The molecule has 6 heteroatoms. The Labute approximate surface area is 209 Å². The minimum absolute atomic E-state index is 0.0245. The maximum atomic E-state index is 14.0. The minimum Gasteiger partial charge on any atom is -0.331 e. The summed E-state index contributed by atoms with van der Waals surface area (Å²) in [6.45, 7) is 7.66. The van der Waals surface area contributed by atoms with Crippen LogP contribution in [-0.2, 0) is 4.79 Å². The molecule has 0 fully saturated rings. The van der Waals surface area contributed by atoms with Crippen LogP contribution in [0.3, 0.4) is 0 Å². The van der Waals surface area contributed by atoms with Crippen LogP contribution in [0.25, 0.3) is 16.6 Å².